The first-order chi connectivity index (χ1) is 14.7. The molecule has 8 heteroatoms. The molecule has 0 N–H and O–H groups in total. The normalized spacial score (nSPS) is 11.7. The van der Waals surface area contributed by atoms with E-state index >= 15 is 0 Å². The summed E-state index contributed by atoms with van der Waals surface area (Å²) in [5.74, 6) is 0. The Labute approximate surface area is 167 Å². The van der Waals surface area contributed by atoms with Gasteiger partial charge in [0.05, 0.1) is 12.6 Å². The summed E-state index contributed by atoms with van der Waals surface area (Å²) in [6.45, 7) is 7.07. The van der Waals surface area contributed by atoms with Crippen LogP contribution in [0.5, 0.6) is 0 Å². The van der Waals surface area contributed by atoms with E-state index < -0.39 is 0 Å². The van der Waals surface area contributed by atoms with Crippen molar-refractivity contribution in [2.24, 2.45) is 0 Å². The number of hydrogen-bond acceptors (Lipinski definition) is 7. The Morgan fingerprint density at radius 3 is 2.33 bits per heavy atom. The van der Waals surface area contributed by atoms with E-state index in [4.69, 9.17) is 31.2 Å². The van der Waals surface area contributed by atoms with Crippen LogP contribution in [0.3, 0.4) is 0 Å². The molecule has 2 heterocycles. The van der Waals surface area contributed by atoms with Crippen molar-refractivity contribution in [2.75, 3.05) is 0 Å². The molecule has 0 saturated carbocycles. The van der Waals surface area contributed by atoms with E-state index in [1.807, 2.05) is 24.3 Å². The van der Waals surface area contributed by atoms with Gasteiger partial charge in [0.25, 0.3) is 0 Å². The minimum absolute atomic E-state index is 0.0135. The Morgan fingerprint density at radius 2 is 1.60 bits per heavy atom. The van der Waals surface area contributed by atoms with Gasteiger partial charge in [-0.3, -0.25) is 0 Å². The zero-order valence-corrected chi connectivity index (χ0v) is 15.0. The average Bonchev–Trinajstić information content (AvgIpc) is 3.37. The molecular weight excluding hydrogens is 380 g/mol. The molecule has 8 nitrogen and oxygen atoms in total. The Hall–Kier alpha value is -5.18. The van der Waals surface area contributed by atoms with Crippen molar-refractivity contribution < 1.29 is 8.83 Å². The fourth-order valence-corrected chi connectivity index (χ4v) is 3.40. The third-order valence-electron chi connectivity index (χ3n) is 4.73. The quantitative estimate of drug-likeness (QED) is 0.295. The highest BCUT2D eigenvalue weighted by atomic mass is 16.3. The van der Waals surface area contributed by atoms with E-state index in [0.29, 0.717) is 22.2 Å². The molecule has 0 amide bonds. The molecule has 0 unspecified atom stereocenters. The number of oxazole rings is 2. The molecule has 0 fully saturated rings. The second-order valence-corrected chi connectivity index (χ2v) is 6.32. The lowest BCUT2D eigenvalue weighted by Crippen LogP contribution is -2.03. The molecule has 0 atom stereocenters. The van der Waals surface area contributed by atoms with E-state index in [1.54, 1.807) is 30.3 Å². The van der Waals surface area contributed by atoms with Crippen molar-refractivity contribution in [1.82, 2.24) is 9.97 Å². The monoisotopic (exact) mass is 386 g/mol. The zero-order valence-electron chi connectivity index (χ0n) is 15.0. The molecule has 0 spiro atoms. The van der Waals surface area contributed by atoms with Crippen LogP contribution in [0.2, 0.25) is 0 Å². The molecule has 0 bridgehead atoms. The number of aromatic nitrogens is 2. The van der Waals surface area contributed by atoms with Crippen LogP contribution in [0.25, 0.3) is 59.9 Å². The first kappa shape index (κ1) is 17.0. The molecule has 30 heavy (non-hydrogen) atoms. The molecule has 0 aliphatic rings. The predicted molar refractivity (Wildman–Crippen MR) is 106 cm³/mol. The van der Waals surface area contributed by atoms with Gasteiger partial charge < -0.3 is 8.83 Å². The minimum Gasteiger partial charge on any atom is -0.446 e. The molecule has 3 aromatic carbocycles. The van der Waals surface area contributed by atoms with E-state index in [1.165, 1.54) is 0 Å². The summed E-state index contributed by atoms with van der Waals surface area (Å²) in [7, 11) is 0. The van der Waals surface area contributed by atoms with Crippen LogP contribution in [0.15, 0.2) is 45.2 Å². The summed E-state index contributed by atoms with van der Waals surface area (Å²) in [6.07, 6.45) is 0. The maximum atomic E-state index is 9.07. The summed E-state index contributed by atoms with van der Waals surface area (Å²) in [5, 5.41) is 30.6. The SMILES string of the molecule is [C-]#[N+]/C(C#N)=c1\nc2cc3ccc4c(ccc5nc(=C(C#N)C#N)oc54)c3cc2o1. The topological polar surface area (TPSA) is 128 Å². The third kappa shape index (κ3) is 2.29. The predicted octanol–water partition coefficient (Wildman–Crippen LogP) is 3.02. The average molecular weight is 386 g/mol. The highest BCUT2D eigenvalue weighted by Crippen LogP contribution is 2.32. The number of nitriles is 3. The zero-order chi connectivity index (χ0) is 20.8. The van der Waals surface area contributed by atoms with E-state index in [0.717, 1.165) is 21.5 Å². The standard InChI is InChI=1S/C22H6N6O2/c1-26-18(10-25)22-28-17-6-11-2-3-14-13(15(11)7-19(17)29-22)4-5-16-20(14)30-21(27-16)12(8-23)9-24/h2-7H/b22-18+. The van der Waals surface area contributed by atoms with Gasteiger partial charge in [-0.25, -0.2) is 20.1 Å². The highest BCUT2D eigenvalue weighted by Gasteiger charge is 2.13. The fourth-order valence-electron chi connectivity index (χ4n) is 3.40. The maximum absolute atomic E-state index is 9.07. The van der Waals surface area contributed by atoms with E-state index in [9.17, 15) is 0 Å². The largest absolute Gasteiger partial charge is 0.446 e. The van der Waals surface area contributed by atoms with Crippen molar-refractivity contribution in [3.05, 3.63) is 58.9 Å². The van der Waals surface area contributed by atoms with Gasteiger partial charge in [-0.1, -0.05) is 12.1 Å². The van der Waals surface area contributed by atoms with Gasteiger partial charge in [0.1, 0.15) is 23.2 Å². The van der Waals surface area contributed by atoms with Crippen molar-refractivity contribution >= 4 is 55.0 Å². The van der Waals surface area contributed by atoms with Crippen molar-refractivity contribution in [1.29, 1.82) is 15.8 Å². The summed E-state index contributed by atoms with van der Waals surface area (Å²) in [6, 6.07) is 16.4. The van der Waals surface area contributed by atoms with Crippen LogP contribution >= 0.6 is 0 Å². The number of fused-ring (bicyclic) bond motifs is 6. The fraction of sp³-hybridized carbons (Fsp3) is 0. The second-order valence-electron chi connectivity index (χ2n) is 6.32. The van der Waals surface area contributed by atoms with Crippen LogP contribution < -0.4 is 11.1 Å². The maximum Gasteiger partial charge on any atom is 0.322 e. The van der Waals surface area contributed by atoms with Gasteiger partial charge in [0, 0.05) is 5.39 Å². The summed E-state index contributed by atoms with van der Waals surface area (Å²) in [4.78, 5) is 11.6. The molecular formula is C22H6N6O2. The molecule has 0 aliphatic carbocycles. The molecule has 5 aromatic rings. The lowest BCUT2D eigenvalue weighted by molar-refractivity contribution is 0.559. The third-order valence-corrected chi connectivity index (χ3v) is 4.73. The smallest absolute Gasteiger partial charge is 0.322 e. The summed E-state index contributed by atoms with van der Waals surface area (Å²) in [5.41, 5.74) is 1.56. The van der Waals surface area contributed by atoms with Gasteiger partial charge >= 0.3 is 5.70 Å². The molecule has 2 aromatic heterocycles. The molecule has 136 valence electrons. The molecule has 5 rings (SSSR count). The number of rotatable bonds is 0. The van der Waals surface area contributed by atoms with Crippen LogP contribution in [0.1, 0.15) is 0 Å². The van der Waals surface area contributed by atoms with Gasteiger partial charge in [0.2, 0.25) is 11.1 Å². The lowest BCUT2D eigenvalue weighted by Gasteiger charge is -2.04. The van der Waals surface area contributed by atoms with Crippen molar-refractivity contribution in [3.8, 4) is 18.2 Å². The van der Waals surface area contributed by atoms with E-state index in [-0.39, 0.29) is 22.4 Å². The highest BCUT2D eigenvalue weighted by molar-refractivity contribution is 6.16. The lowest BCUT2D eigenvalue weighted by atomic mass is 10.0. The van der Waals surface area contributed by atoms with Gasteiger partial charge in [-0.05, 0) is 40.4 Å². The Kier molecular flexibility index (Phi) is 3.49. The Bertz CT molecular complexity index is 1810. The summed E-state index contributed by atoms with van der Waals surface area (Å²) >= 11 is 0. The van der Waals surface area contributed by atoms with Crippen LogP contribution in [-0.4, -0.2) is 9.97 Å². The summed E-state index contributed by atoms with van der Waals surface area (Å²) < 4.78 is 11.4. The first-order valence-electron chi connectivity index (χ1n) is 8.56. The van der Waals surface area contributed by atoms with Crippen LogP contribution in [0, 0.1) is 40.6 Å². The van der Waals surface area contributed by atoms with Gasteiger partial charge in [-0.2, -0.15) is 10.5 Å². The second kappa shape index (κ2) is 6.17. The van der Waals surface area contributed by atoms with Gasteiger partial charge in [0.15, 0.2) is 16.7 Å². The molecule has 0 aliphatic heterocycles. The number of hydrogen-bond donors (Lipinski definition) is 0. The van der Waals surface area contributed by atoms with E-state index in [2.05, 4.69) is 14.8 Å². The van der Waals surface area contributed by atoms with Crippen LogP contribution in [0.4, 0.5) is 0 Å². The number of nitrogens with zero attached hydrogens (tertiary/aromatic N) is 6. The number of benzene rings is 3. The van der Waals surface area contributed by atoms with Crippen LogP contribution in [-0.2, 0) is 0 Å². The van der Waals surface area contributed by atoms with Crippen molar-refractivity contribution in [2.45, 2.75) is 0 Å². The minimum atomic E-state index is -0.210. The molecule has 0 saturated heterocycles. The molecule has 0 radical (unpaired) electrons. The Morgan fingerprint density at radius 1 is 0.833 bits per heavy atom. The van der Waals surface area contributed by atoms with Crippen molar-refractivity contribution in [3.63, 3.8) is 0 Å². The Balaban J connectivity index is 1.89. The first-order valence-corrected chi connectivity index (χ1v) is 8.56. The van der Waals surface area contributed by atoms with Gasteiger partial charge in [-0.15, -0.1) is 0 Å².